The number of aromatic amines is 1. The second-order valence-corrected chi connectivity index (χ2v) is 7.26. The fraction of sp³-hybridized carbons (Fsp3) is 0.474. The highest BCUT2D eigenvalue weighted by Crippen LogP contribution is 2.39. The predicted octanol–water partition coefficient (Wildman–Crippen LogP) is 2.88. The number of ether oxygens (including phenoxy) is 2. The van der Waals surface area contributed by atoms with Crippen LogP contribution in [0.3, 0.4) is 0 Å². The van der Waals surface area contributed by atoms with E-state index in [1.54, 1.807) is 14.2 Å². The molecule has 1 aromatic heterocycles. The molecule has 0 saturated heterocycles. The van der Waals surface area contributed by atoms with Crippen LogP contribution in [0.15, 0.2) is 16.9 Å². The van der Waals surface area contributed by atoms with Crippen molar-refractivity contribution in [2.45, 2.75) is 38.3 Å². The Labute approximate surface area is 157 Å². The van der Waals surface area contributed by atoms with Gasteiger partial charge in [-0.15, -0.1) is 0 Å². The molecule has 2 aliphatic rings. The molecule has 6 nitrogen and oxygen atoms in total. The van der Waals surface area contributed by atoms with Crippen molar-refractivity contribution in [2.75, 3.05) is 20.8 Å². The Morgan fingerprint density at radius 1 is 1.31 bits per heavy atom. The number of hydrogen-bond acceptors (Lipinski definition) is 5. The maximum atomic E-state index is 12.3. The van der Waals surface area contributed by atoms with Crippen LogP contribution in [0.25, 0.3) is 0 Å². The van der Waals surface area contributed by atoms with Gasteiger partial charge in [0, 0.05) is 31.1 Å². The first-order chi connectivity index (χ1) is 12.6. The molecule has 1 aromatic carbocycles. The van der Waals surface area contributed by atoms with Crippen molar-refractivity contribution in [2.24, 2.45) is 0 Å². The number of methoxy groups -OCH3 is 2. The summed E-state index contributed by atoms with van der Waals surface area (Å²) in [5.74, 6) is 2.45. The standard InChI is InChI=1S/C19H22ClN3O3/c1-25-15-6-5-12(16(20)17(15)26-2)9-23-8-7-13-14(10-23)21-18(11-3-4-11)22-19(13)24/h5-6,11H,3-4,7-10H2,1-2H3,(H,21,22,24). The Bertz CT molecular complexity index is 892. The fourth-order valence-electron chi connectivity index (χ4n) is 3.49. The quantitative estimate of drug-likeness (QED) is 0.870. The van der Waals surface area contributed by atoms with Crippen LogP contribution in [0.2, 0.25) is 5.02 Å². The van der Waals surface area contributed by atoms with Crippen molar-refractivity contribution in [3.05, 3.63) is 50.2 Å². The number of hydrogen-bond donors (Lipinski definition) is 1. The predicted molar refractivity (Wildman–Crippen MR) is 99.2 cm³/mol. The Morgan fingerprint density at radius 2 is 2.12 bits per heavy atom. The third kappa shape index (κ3) is 3.19. The minimum atomic E-state index is 0.0284. The van der Waals surface area contributed by atoms with E-state index in [1.165, 1.54) is 0 Å². The van der Waals surface area contributed by atoms with Crippen molar-refractivity contribution in [3.63, 3.8) is 0 Å². The Balaban J connectivity index is 1.57. The highest BCUT2D eigenvalue weighted by Gasteiger charge is 2.29. The lowest BCUT2D eigenvalue weighted by molar-refractivity contribution is 0.239. The molecule has 0 spiro atoms. The first-order valence-electron chi connectivity index (χ1n) is 8.84. The van der Waals surface area contributed by atoms with Gasteiger partial charge >= 0.3 is 0 Å². The molecule has 0 unspecified atom stereocenters. The zero-order valence-electron chi connectivity index (χ0n) is 15.0. The summed E-state index contributed by atoms with van der Waals surface area (Å²) in [4.78, 5) is 22.3. The van der Waals surface area contributed by atoms with Crippen molar-refractivity contribution in [1.82, 2.24) is 14.9 Å². The summed E-state index contributed by atoms with van der Waals surface area (Å²) in [7, 11) is 3.18. The van der Waals surface area contributed by atoms with Crippen molar-refractivity contribution < 1.29 is 9.47 Å². The number of halogens is 1. The average Bonchev–Trinajstić information content (AvgIpc) is 3.48. The van der Waals surface area contributed by atoms with Crippen LogP contribution in [0, 0.1) is 0 Å². The summed E-state index contributed by atoms with van der Waals surface area (Å²) < 4.78 is 10.7. The summed E-state index contributed by atoms with van der Waals surface area (Å²) in [6.07, 6.45) is 2.94. The maximum absolute atomic E-state index is 12.3. The molecular weight excluding hydrogens is 354 g/mol. The molecule has 7 heteroatoms. The number of rotatable bonds is 5. The van der Waals surface area contributed by atoms with Gasteiger partial charge in [0.2, 0.25) is 0 Å². The van der Waals surface area contributed by atoms with Gasteiger partial charge in [-0.05, 0) is 30.9 Å². The van der Waals surface area contributed by atoms with Gasteiger partial charge in [0.25, 0.3) is 5.56 Å². The summed E-state index contributed by atoms with van der Waals surface area (Å²) in [6.45, 7) is 2.13. The Kier molecular flexibility index (Phi) is 4.63. The molecule has 2 heterocycles. The molecule has 138 valence electrons. The topological polar surface area (TPSA) is 67.5 Å². The monoisotopic (exact) mass is 375 g/mol. The first kappa shape index (κ1) is 17.4. The van der Waals surface area contributed by atoms with Gasteiger partial charge < -0.3 is 14.5 Å². The van der Waals surface area contributed by atoms with E-state index in [4.69, 9.17) is 26.1 Å². The van der Waals surface area contributed by atoms with Crippen LogP contribution in [0.5, 0.6) is 11.5 Å². The van der Waals surface area contributed by atoms with Crippen molar-refractivity contribution >= 4 is 11.6 Å². The molecule has 0 atom stereocenters. The molecule has 1 aliphatic carbocycles. The van der Waals surface area contributed by atoms with Crippen LogP contribution < -0.4 is 15.0 Å². The normalized spacial score (nSPS) is 17.0. The SMILES string of the molecule is COc1ccc(CN2CCc3c(nc(C4CC4)[nH]c3=O)C2)c(Cl)c1OC. The summed E-state index contributed by atoms with van der Waals surface area (Å²) in [6, 6.07) is 3.83. The molecule has 0 amide bonds. The third-order valence-corrected chi connectivity index (χ3v) is 5.51. The van der Waals surface area contributed by atoms with Gasteiger partial charge in [0.05, 0.1) is 24.9 Å². The molecule has 2 aromatic rings. The van der Waals surface area contributed by atoms with Crippen molar-refractivity contribution in [1.29, 1.82) is 0 Å². The number of nitrogens with zero attached hydrogens (tertiary/aromatic N) is 2. The highest BCUT2D eigenvalue weighted by atomic mass is 35.5. The van der Waals surface area contributed by atoms with Crippen LogP contribution in [-0.4, -0.2) is 35.6 Å². The van der Waals surface area contributed by atoms with E-state index in [9.17, 15) is 4.79 Å². The van der Waals surface area contributed by atoms with Gasteiger partial charge in [0.1, 0.15) is 5.82 Å². The minimum absolute atomic E-state index is 0.0284. The highest BCUT2D eigenvalue weighted by molar-refractivity contribution is 6.33. The average molecular weight is 376 g/mol. The molecular formula is C19H22ClN3O3. The molecule has 1 N–H and O–H groups in total. The lowest BCUT2D eigenvalue weighted by Gasteiger charge is -2.28. The number of nitrogens with one attached hydrogen (secondary N) is 1. The van der Waals surface area contributed by atoms with Crippen LogP contribution in [0.1, 0.15) is 41.4 Å². The van der Waals surface area contributed by atoms with Gasteiger partial charge in [0.15, 0.2) is 11.5 Å². The second-order valence-electron chi connectivity index (χ2n) is 6.89. The van der Waals surface area contributed by atoms with Gasteiger partial charge in [-0.1, -0.05) is 17.7 Å². The van der Waals surface area contributed by atoms with Gasteiger partial charge in [-0.2, -0.15) is 0 Å². The van der Waals surface area contributed by atoms with E-state index in [1.807, 2.05) is 12.1 Å². The Hall–Kier alpha value is -2.05. The van der Waals surface area contributed by atoms with E-state index in [-0.39, 0.29) is 5.56 Å². The Morgan fingerprint density at radius 3 is 2.81 bits per heavy atom. The van der Waals surface area contributed by atoms with E-state index in [0.29, 0.717) is 41.9 Å². The molecule has 0 bridgehead atoms. The first-order valence-corrected chi connectivity index (χ1v) is 9.22. The number of aromatic nitrogens is 2. The molecule has 26 heavy (non-hydrogen) atoms. The number of H-pyrrole nitrogens is 1. The van der Waals surface area contributed by atoms with Crippen LogP contribution in [-0.2, 0) is 19.5 Å². The summed E-state index contributed by atoms with van der Waals surface area (Å²) >= 11 is 6.51. The minimum Gasteiger partial charge on any atom is -0.493 e. The summed E-state index contributed by atoms with van der Waals surface area (Å²) in [5.41, 5.74) is 2.73. The zero-order chi connectivity index (χ0) is 18.3. The summed E-state index contributed by atoms with van der Waals surface area (Å²) in [5, 5.41) is 0.565. The van der Waals surface area contributed by atoms with Crippen LogP contribution >= 0.6 is 11.6 Å². The van der Waals surface area contributed by atoms with Gasteiger partial charge in [-0.3, -0.25) is 9.69 Å². The molecule has 1 saturated carbocycles. The van der Waals surface area contributed by atoms with E-state index in [0.717, 1.165) is 42.0 Å². The zero-order valence-corrected chi connectivity index (χ0v) is 15.7. The van der Waals surface area contributed by atoms with E-state index >= 15 is 0 Å². The fourth-order valence-corrected chi connectivity index (χ4v) is 3.78. The molecule has 1 aliphatic heterocycles. The smallest absolute Gasteiger partial charge is 0.254 e. The van der Waals surface area contributed by atoms with Gasteiger partial charge in [-0.25, -0.2) is 4.98 Å². The molecule has 0 radical (unpaired) electrons. The van der Waals surface area contributed by atoms with E-state index in [2.05, 4.69) is 9.88 Å². The van der Waals surface area contributed by atoms with Crippen LogP contribution in [0.4, 0.5) is 0 Å². The van der Waals surface area contributed by atoms with E-state index < -0.39 is 0 Å². The largest absolute Gasteiger partial charge is 0.493 e. The lowest BCUT2D eigenvalue weighted by Crippen LogP contribution is -2.35. The van der Waals surface area contributed by atoms with Crippen molar-refractivity contribution in [3.8, 4) is 11.5 Å². The number of fused-ring (bicyclic) bond motifs is 1. The maximum Gasteiger partial charge on any atom is 0.254 e. The third-order valence-electron chi connectivity index (χ3n) is 5.09. The molecule has 4 rings (SSSR count). The lowest BCUT2D eigenvalue weighted by atomic mass is 10.0. The number of benzene rings is 1. The second kappa shape index (κ2) is 6.93. The molecule has 1 fully saturated rings.